The summed E-state index contributed by atoms with van der Waals surface area (Å²) in [5, 5.41) is 11.2. The Morgan fingerprint density at radius 3 is 2.11 bits per heavy atom. The van der Waals surface area contributed by atoms with Crippen molar-refractivity contribution in [2.45, 2.75) is 52.3 Å². The van der Waals surface area contributed by atoms with Crippen molar-refractivity contribution >= 4 is 11.8 Å². The van der Waals surface area contributed by atoms with E-state index in [0.29, 0.717) is 29.8 Å². The predicted octanol–water partition coefficient (Wildman–Crippen LogP) is 5.24. The van der Waals surface area contributed by atoms with E-state index in [-0.39, 0.29) is 36.9 Å². The third kappa shape index (κ3) is 8.15. The maximum atomic E-state index is 14.2. The van der Waals surface area contributed by atoms with Gasteiger partial charge in [0.15, 0.2) is 0 Å². The molecule has 8 nitrogen and oxygen atoms in total. The molecule has 0 saturated carbocycles. The largest absolute Gasteiger partial charge is 0.445 e. The summed E-state index contributed by atoms with van der Waals surface area (Å²) in [6.07, 6.45) is 2.45. The van der Waals surface area contributed by atoms with Crippen molar-refractivity contribution in [2.24, 2.45) is 5.73 Å². The summed E-state index contributed by atoms with van der Waals surface area (Å²) in [4.78, 5) is 34.9. The zero-order valence-corrected chi connectivity index (χ0v) is 25.2. The highest BCUT2D eigenvalue weighted by Gasteiger charge is 2.26. The lowest BCUT2D eigenvalue weighted by Crippen LogP contribution is -2.46. The van der Waals surface area contributed by atoms with Gasteiger partial charge in [0.2, 0.25) is 5.89 Å². The van der Waals surface area contributed by atoms with Crippen LogP contribution in [0, 0.1) is 11.6 Å². The van der Waals surface area contributed by atoms with Gasteiger partial charge in [0.25, 0.3) is 11.8 Å². The summed E-state index contributed by atoms with van der Waals surface area (Å²) in [5.41, 5.74) is 9.46. The molecule has 4 aromatic rings. The number of rotatable bonds is 13. The molecule has 0 bridgehead atoms. The van der Waals surface area contributed by atoms with E-state index in [9.17, 15) is 23.5 Å². The van der Waals surface area contributed by atoms with E-state index < -0.39 is 29.7 Å². The second-order valence-electron chi connectivity index (χ2n) is 10.7. The first-order chi connectivity index (χ1) is 21.1. The van der Waals surface area contributed by atoms with Crippen LogP contribution in [0.25, 0.3) is 11.5 Å². The molecular formula is C34H38F2N4O4. The van der Waals surface area contributed by atoms with Crippen molar-refractivity contribution in [3.63, 3.8) is 0 Å². The van der Waals surface area contributed by atoms with Crippen LogP contribution in [0.2, 0.25) is 0 Å². The summed E-state index contributed by atoms with van der Waals surface area (Å²) in [7, 11) is 0. The van der Waals surface area contributed by atoms with Crippen molar-refractivity contribution in [3.8, 4) is 11.5 Å². The lowest BCUT2D eigenvalue weighted by atomic mass is 10.00. The number of benzene rings is 3. The molecule has 3 aromatic carbocycles. The van der Waals surface area contributed by atoms with Crippen molar-refractivity contribution in [1.29, 1.82) is 0 Å². The molecule has 0 unspecified atom stereocenters. The first kappa shape index (κ1) is 32.5. The van der Waals surface area contributed by atoms with Gasteiger partial charge in [-0.15, -0.1) is 0 Å². The van der Waals surface area contributed by atoms with E-state index in [2.05, 4.69) is 4.98 Å². The molecule has 4 rings (SSSR count). The molecule has 1 heterocycles. The van der Waals surface area contributed by atoms with Gasteiger partial charge in [-0.25, -0.2) is 13.8 Å². The average molecular weight is 605 g/mol. The monoisotopic (exact) mass is 604 g/mol. The molecule has 232 valence electrons. The van der Waals surface area contributed by atoms with E-state index in [1.165, 1.54) is 23.4 Å². The molecule has 0 aliphatic carbocycles. The fourth-order valence-corrected chi connectivity index (χ4v) is 5.13. The van der Waals surface area contributed by atoms with Gasteiger partial charge in [-0.1, -0.05) is 31.2 Å². The normalized spacial score (nSPS) is 12.5. The third-order valence-electron chi connectivity index (χ3n) is 7.51. The second-order valence-corrected chi connectivity index (χ2v) is 10.7. The maximum absolute atomic E-state index is 14.2. The predicted molar refractivity (Wildman–Crippen MR) is 164 cm³/mol. The zero-order valence-electron chi connectivity index (χ0n) is 25.2. The highest BCUT2D eigenvalue weighted by atomic mass is 19.1. The van der Waals surface area contributed by atoms with Crippen LogP contribution in [0.15, 0.2) is 77.5 Å². The number of halogens is 2. The average Bonchev–Trinajstić information content (AvgIpc) is 3.55. The Balaban J connectivity index is 1.69. The number of carbonyl (C=O) groups excluding carboxylic acids is 2. The van der Waals surface area contributed by atoms with Gasteiger partial charge in [-0.3, -0.25) is 9.59 Å². The molecule has 0 aliphatic rings. The number of aliphatic hydroxyl groups is 1. The molecule has 2 atom stereocenters. The van der Waals surface area contributed by atoms with Gasteiger partial charge in [-0.05, 0) is 73.7 Å². The molecule has 44 heavy (non-hydrogen) atoms. The number of nitrogens with two attached hydrogens (primary N) is 1. The number of aryl methyl sites for hydroxylation is 1. The second kappa shape index (κ2) is 14.9. The minimum Gasteiger partial charge on any atom is -0.445 e. The number of aromatic nitrogens is 1. The van der Waals surface area contributed by atoms with E-state index in [0.717, 1.165) is 35.7 Å². The van der Waals surface area contributed by atoms with Crippen molar-refractivity contribution in [3.05, 3.63) is 113 Å². The van der Waals surface area contributed by atoms with Crippen LogP contribution in [0.5, 0.6) is 0 Å². The SMILES string of the molecule is CCc1cccc(CN(C[C@@H](O)[C@@H](N)Cc2cc(F)cc(F)c2)C(=O)c2cc(C(=O)N(CC)CC)cc(-c3ncco3)c2)c1. The lowest BCUT2D eigenvalue weighted by Gasteiger charge is -2.29. The fraction of sp³-hybridized carbons (Fsp3) is 0.324. The van der Waals surface area contributed by atoms with Crippen LogP contribution in [0.1, 0.15) is 58.2 Å². The van der Waals surface area contributed by atoms with E-state index >= 15 is 0 Å². The lowest BCUT2D eigenvalue weighted by molar-refractivity contribution is 0.0554. The Kier molecular flexibility index (Phi) is 11.0. The Hall–Kier alpha value is -4.41. The molecule has 3 N–H and O–H groups in total. The van der Waals surface area contributed by atoms with Gasteiger partial charge >= 0.3 is 0 Å². The van der Waals surface area contributed by atoms with Crippen LogP contribution in [-0.4, -0.2) is 63.5 Å². The highest BCUT2D eigenvalue weighted by molar-refractivity contribution is 6.01. The molecule has 0 fully saturated rings. The number of carbonyl (C=O) groups is 2. The standard InChI is InChI=1S/C34H38F2N4O4/c1-4-22-8-7-9-23(12-22)20-40(21-31(41)30(37)15-24-13-28(35)19-29(36)14-24)34(43)27-17-25(32-38-10-11-44-32)16-26(18-27)33(42)39(5-2)6-3/h7-14,16-19,30-31,41H,4-6,15,20-21,37H2,1-3H3/t30-,31+/m0/s1. The molecule has 0 radical (unpaired) electrons. The molecule has 0 saturated heterocycles. The molecule has 2 amide bonds. The molecule has 0 aliphatic heterocycles. The summed E-state index contributed by atoms with van der Waals surface area (Å²) >= 11 is 0. The Morgan fingerprint density at radius 1 is 0.886 bits per heavy atom. The van der Waals surface area contributed by atoms with Crippen LogP contribution in [-0.2, 0) is 19.4 Å². The minimum atomic E-state index is -1.23. The molecule has 10 heteroatoms. The highest BCUT2D eigenvalue weighted by Crippen LogP contribution is 2.24. The van der Waals surface area contributed by atoms with Gasteiger partial charge in [0.1, 0.15) is 17.9 Å². The van der Waals surface area contributed by atoms with Crippen molar-refractivity contribution in [2.75, 3.05) is 19.6 Å². The van der Waals surface area contributed by atoms with Gasteiger partial charge in [0.05, 0.1) is 12.3 Å². The summed E-state index contributed by atoms with van der Waals surface area (Å²) in [5.74, 6) is -1.92. The van der Waals surface area contributed by atoms with Crippen LogP contribution in [0.4, 0.5) is 8.78 Å². The number of nitrogens with zero attached hydrogens (tertiary/aromatic N) is 3. The van der Waals surface area contributed by atoms with Crippen LogP contribution in [0.3, 0.4) is 0 Å². The topological polar surface area (TPSA) is 113 Å². The van der Waals surface area contributed by atoms with Crippen LogP contribution >= 0.6 is 0 Å². The van der Waals surface area contributed by atoms with E-state index in [1.54, 1.807) is 17.0 Å². The Labute approximate surface area is 256 Å². The number of hydrogen-bond donors (Lipinski definition) is 2. The first-order valence-corrected chi connectivity index (χ1v) is 14.7. The first-order valence-electron chi connectivity index (χ1n) is 14.7. The molecule has 1 aromatic heterocycles. The van der Waals surface area contributed by atoms with Crippen LogP contribution < -0.4 is 5.73 Å². The van der Waals surface area contributed by atoms with E-state index in [4.69, 9.17) is 10.2 Å². The Morgan fingerprint density at radius 2 is 1.52 bits per heavy atom. The van der Waals surface area contributed by atoms with Gasteiger partial charge < -0.3 is 25.1 Å². The number of aliphatic hydroxyl groups excluding tert-OH is 1. The molecule has 0 spiro atoms. The quantitative estimate of drug-likeness (QED) is 0.216. The maximum Gasteiger partial charge on any atom is 0.254 e. The summed E-state index contributed by atoms with van der Waals surface area (Å²) < 4.78 is 33.0. The Bertz CT molecular complexity index is 1550. The van der Waals surface area contributed by atoms with Gasteiger partial charge in [-0.2, -0.15) is 0 Å². The summed E-state index contributed by atoms with van der Waals surface area (Å²) in [6.45, 7) is 6.73. The number of oxazole rings is 1. The zero-order chi connectivity index (χ0) is 31.8. The van der Waals surface area contributed by atoms with Gasteiger partial charge in [0, 0.05) is 55.0 Å². The minimum absolute atomic E-state index is 0.00857. The number of hydrogen-bond acceptors (Lipinski definition) is 6. The number of amides is 2. The van der Waals surface area contributed by atoms with Crippen molar-refractivity contribution < 1.29 is 27.9 Å². The third-order valence-corrected chi connectivity index (χ3v) is 7.51. The van der Waals surface area contributed by atoms with E-state index in [1.807, 2.05) is 45.0 Å². The van der Waals surface area contributed by atoms with Crippen molar-refractivity contribution in [1.82, 2.24) is 14.8 Å². The molecular weight excluding hydrogens is 566 g/mol. The fourth-order valence-electron chi connectivity index (χ4n) is 5.13. The smallest absolute Gasteiger partial charge is 0.254 e. The summed E-state index contributed by atoms with van der Waals surface area (Å²) in [6, 6.07) is 14.7.